The molecule has 0 fully saturated rings. The molecular weight excluding hydrogens is 1620 g/mol. The van der Waals surface area contributed by atoms with Gasteiger partial charge < -0.3 is 63.3 Å². The molecule has 4 heterocycles. The largest absolute Gasteiger partial charge is 0.478 e. The molecule has 0 saturated heterocycles. The fourth-order valence-corrected chi connectivity index (χ4v) is 12.0. The van der Waals surface area contributed by atoms with Gasteiger partial charge in [-0.05, 0) is 175 Å². The summed E-state index contributed by atoms with van der Waals surface area (Å²) in [6, 6.07) is 83.2. The first kappa shape index (κ1) is 92.0. The molecule has 12 aromatic carbocycles. The van der Waals surface area contributed by atoms with Gasteiger partial charge in [-0.25, -0.2) is 24.4 Å². The molecule has 0 aliphatic rings. The number of nitrogen functional groups attached to an aromatic ring is 4. The molecule has 0 aliphatic carbocycles. The molecule has 28 nitrogen and oxygen atoms in total. The first-order chi connectivity index (χ1) is 57.0. The third-order valence-corrected chi connectivity index (χ3v) is 18.3. The molecule has 4 amide bonds. The van der Waals surface area contributed by atoms with E-state index >= 15 is 0 Å². The van der Waals surface area contributed by atoms with E-state index in [1.54, 1.807) is 210 Å². The van der Waals surface area contributed by atoms with Gasteiger partial charge in [0.15, 0.2) is 11.2 Å². The second-order valence-electron chi connectivity index (χ2n) is 26.4. The maximum atomic E-state index is 12.8. The van der Waals surface area contributed by atoms with E-state index in [0.717, 1.165) is 21.3 Å². The molecule has 14 N–H and O–H groups in total. The Balaban J connectivity index is 0.000000192. The number of aromatic amines is 1. The van der Waals surface area contributed by atoms with Crippen LogP contribution in [0.5, 0.6) is 0 Å². The Morgan fingerprint density at radius 2 is 0.811 bits per heavy atom. The minimum atomic E-state index is -0.974. The number of fused-ring (bicyclic) bond motifs is 4. The quantitative estimate of drug-likeness (QED) is 0.0402. The van der Waals surface area contributed by atoms with Gasteiger partial charge in [-0.2, -0.15) is 0 Å². The first-order valence-corrected chi connectivity index (χ1v) is 36.4. The van der Waals surface area contributed by atoms with Gasteiger partial charge in [0.1, 0.15) is 5.82 Å². The molecule has 1 radical (unpaired) electrons. The third-order valence-electron chi connectivity index (χ3n) is 18.3. The van der Waals surface area contributed by atoms with Crippen molar-refractivity contribution >= 4 is 113 Å². The third kappa shape index (κ3) is 23.4. The second-order valence-corrected chi connectivity index (χ2v) is 26.4. The van der Waals surface area contributed by atoms with Gasteiger partial charge in [-0.1, -0.05) is 180 Å². The topological polar surface area (TPSA) is 444 Å². The molecule has 0 aliphatic heterocycles. The second kappa shape index (κ2) is 43.1. The average Bonchev–Trinajstić information content (AvgIpc) is 0.794. The first-order valence-electron chi connectivity index (χ1n) is 36.4. The maximum Gasteiger partial charge on any atom is 0.419 e. The van der Waals surface area contributed by atoms with Gasteiger partial charge in [-0.15, -0.1) is 0 Å². The Labute approximate surface area is 723 Å². The molecule has 4 aromatic heterocycles. The van der Waals surface area contributed by atoms with E-state index in [0.29, 0.717) is 137 Å². The number of aromatic carboxylic acids is 1. The van der Waals surface area contributed by atoms with E-state index in [1.807, 2.05) is 91.9 Å². The molecule has 122 heavy (non-hydrogen) atoms. The van der Waals surface area contributed by atoms with Crippen LogP contribution in [0.1, 0.15) is 102 Å². The Hall–Kier alpha value is -15.5. The zero-order valence-electron chi connectivity index (χ0n) is 63.5. The summed E-state index contributed by atoms with van der Waals surface area (Å²) in [5, 5.41) is 21.8. The van der Waals surface area contributed by atoms with Crippen LogP contribution in [-0.4, -0.2) is 63.4 Å². The summed E-state index contributed by atoms with van der Waals surface area (Å²) in [6.45, 7) is 2.97. The minimum absolute atomic E-state index is 0. The van der Waals surface area contributed by atoms with E-state index in [-0.39, 0.29) is 107 Å². The van der Waals surface area contributed by atoms with Crippen LogP contribution in [0.3, 0.4) is 0 Å². The van der Waals surface area contributed by atoms with Crippen molar-refractivity contribution in [3.05, 3.63) is 416 Å². The number of rotatable bonds is 16. The monoisotopic (exact) mass is 1710 g/mol. The predicted octanol–water partition coefficient (Wildman–Crippen LogP) is 13.4. The van der Waals surface area contributed by atoms with Crippen molar-refractivity contribution in [3.8, 4) is 0 Å². The van der Waals surface area contributed by atoms with Crippen LogP contribution in [0.2, 0.25) is 0 Å². The van der Waals surface area contributed by atoms with Crippen LogP contribution >= 0.6 is 0 Å². The van der Waals surface area contributed by atoms with E-state index in [9.17, 15) is 52.7 Å². The molecule has 0 saturated carbocycles. The smallest absolute Gasteiger partial charge is 0.419 e. The van der Waals surface area contributed by atoms with Crippen LogP contribution in [-0.2, 0) is 58.9 Å². The summed E-state index contributed by atoms with van der Waals surface area (Å²) >= 11 is 0. The number of nitrogens with two attached hydrogens (primary N) is 4. The van der Waals surface area contributed by atoms with Crippen molar-refractivity contribution < 1.29 is 66.2 Å². The predicted molar refractivity (Wildman–Crippen MR) is 476 cm³/mol. The Bertz CT molecular complexity index is 6810. The Morgan fingerprint density at radius 3 is 1.31 bits per heavy atom. The van der Waals surface area contributed by atoms with Crippen molar-refractivity contribution in [3.63, 3.8) is 0 Å². The van der Waals surface area contributed by atoms with Crippen LogP contribution in [0.15, 0.2) is 331 Å². The number of hydrogen-bond acceptors (Lipinski definition) is 18. The summed E-state index contributed by atoms with van der Waals surface area (Å²) in [5.74, 6) is -2.09. The summed E-state index contributed by atoms with van der Waals surface area (Å²) in [6.07, 6.45) is 1.55. The molecule has 29 heteroatoms. The standard InChI is InChI=1S/C23H20N4O2.C22H18N4O3.C22H18N4O2.C15H14N2O3.C8H5NO3.3CH4.Y/c1-15-25-20-8-4-2-6-18(20)23(29)27(15)14-16-10-12-17(13-11-16)22(28)26-21-9-5-3-7-19(21)24;23-17-6-2-4-8-19(17)24-20(27)15-11-9-14(10-12-15)13-26-21(28)16-5-1-3-7-18(16)25-22(26)29;23-18-6-2-4-8-20(18)25-21(27)16-11-9-15(10-12-16)13-26-14-24-19-7-3-1-5-17(19)22(26)28;16-13-4-2-1-3-12(13)14(18)17-9-10-5-7-11(8-6-10)15(19)20;10-7-5-3-1-2-4-6(5)9-8(11)12-7;;;;/h2-13H,14,24H2,1H3,(H,26,28);1-12H,13,23H2,(H2,24,25,27,28,29);1-12,14H,13,23H2,(H,25,27);1-8H,9,16H2,(H,17,18)(H,19,20);1-4H,(H,9,11);3*1H4;/p-1. The summed E-state index contributed by atoms with van der Waals surface area (Å²) in [4.78, 5) is 147. The molecule has 0 unspecified atom stereocenters. The van der Waals surface area contributed by atoms with Gasteiger partial charge in [-0.3, -0.25) is 52.5 Å². The normalized spacial score (nSPS) is 10.2. The van der Waals surface area contributed by atoms with Crippen LogP contribution in [0, 0.1) is 6.92 Å². The Kier molecular flexibility index (Phi) is 32.5. The molecule has 16 aromatic rings. The van der Waals surface area contributed by atoms with Crippen molar-refractivity contribution in [1.29, 1.82) is 0 Å². The van der Waals surface area contributed by atoms with Crippen molar-refractivity contribution in [2.75, 3.05) is 38.9 Å². The van der Waals surface area contributed by atoms with Gasteiger partial charge in [0.05, 0.1) is 97.4 Å². The van der Waals surface area contributed by atoms with Crippen molar-refractivity contribution in [2.45, 2.75) is 55.4 Å². The summed E-state index contributed by atoms with van der Waals surface area (Å²) < 4.78 is 8.61. The van der Waals surface area contributed by atoms with Gasteiger partial charge in [0.25, 0.3) is 34.7 Å². The van der Waals surface area contributed by atoms with Gasteiger partial charge in [0.2, 0.25) is 0 Å². The van der Waals surface area contributed by atoms with Gasteiger partial charge >= 0.3 is 17.4 Å². The molecule has 16 rings (SSSR count). The minimum Gasteiger partial charge on any atom is -0.478 e. The average molecular weight is 1710 g/mol. The molecule has 0 bridgehead atoms. The van der Waals surface area contributed by atoms with E-state index in [1.165, 1.54) is 12.1 Å². The molecule has 0 spiro atoms. The number of carbonyl (C=O) groups excluding carboxylic acids is 4. The number of nitrogens with one attached hydrogen (secondary N) is 5. The molecular formula is C93H86N15O13Y-. The number of nitrogens with zero attached hydrogens (tertiary/aromatic N) is 6. The van der Waals surface area contributed by atoms with Crippen LogP contribution in [0.25, 0.3) is 43.6 Å². The number of carbonyl (C=O) groups is 5. The molecule has 0 atom stereocenters. The molecule has 615 valence electrons. The maximum absolute atomic E-state index is 12.8. The number of aryl methyl sites for hydroxylation is 1. The van der Waals surface area contributed by atoms with E-state index in [4.69, 9.17) is 28.0 Å². The van der Waals surface area contributed by atoms with Gasteiger partial charge in [0, 0.05) is 67.0 Å². The van der Waals surface area contributed by atoms with Crippen molar-refractivity contribution in [1.82, 2.24) is 39.0 Å². The SMILES string of the molecule is C.C.C.Cc1nc2ccccc2c(=O)n1Cc1ccc(C(=O)Nc2ccccc2N)cc1.Nc1ccccc1C(=O)NCc1ccc(C(=O)O)cc1.Nc1ccccc1NC(=O)c1ccc(Cn2c(=O)[n-]c3ccccc3c2=O)cc1.Nc1ccccc1NC(=O)c1ccc(Cn2cnc3ccccc3c2=O)cc1.O=c1[nH]c2ccccc2c(=O)o1.[Y]. The number of benzene rings is 12. The number of para-hydroxylation sites is 11. The van der Waals surface area contributed by atoms with Crippen LogP contribution in [0.4, 0.5) is 39.8 Å². The number of carboxylic acids is 1. The fraction of sp³-hybridized carbons (Fsp3) is 0.0860. The number of amides is 4. The number of H-pyrrole nitrogens is 1. The summed E-state index contributed by atoms with van der Waals surface area (Å²) in [7, 11) is 0. The summed E-state index contributed by atoms with van der Waals surface area (Å²) in [5.41, 5.74) is 32.8. The van der Waals surface area contributed by atoms with E-state index < -0.39 is 23.0 Å². The number of anilines is 7. The number of aromatic nitrogens is 7. The zero-order valence-corrected chi connectivity index (χ0v) is 66.4. The van der Waals surface area contributed by atoms with E-state index in [2.05, 4.69) is 45.6 Å². The fourth-order valence-electron chi connectivity index (χ4n) is 12.0. The van der Waals surface area contributed by atoms with Crippen molar-refractivity contribution in [2.24, 2.45) is 0 Å². The Morgan fingerprint density at radius 1 is 0.418 bits per heavy atom. The number of carboxylic acid groups (broad SMARTS) is 1. The van der Waals surface area contributed by atoms with Crippen LogP contribution < -0.4 is 82.9 Å². The zero-order chi connectivity index (χ0) is 83.4. The number of hydrogen-bond donors (Lipinski definition) is 10.